The highest BCUT2D eigenvalue weighted by Gasteiger charge is 2.09. The number of rotatable bonds is 10. The van der Waals surface area contributed by atoms with Gasteiger partial charge in [-0.2, -0.15) is 11.8 Å². The zero-order valence-electron chi connectivity index (χ0n) is 14.3. The van der Waals surface area contributed by atoms with E-state index in [9.17, 15) is 0 Å². The molecule has 0 aliphatic heterocycles. The van der Waals surface area contributed by atoms with Gasteiger partial charge in [-0.05, 0) is 58.2 Å². The van der Waals surface area contributed by atoms with Crippen molar-refractivity contribution in [1.82, 2.24) is 15.3 Å². The molecule has 0 spiro atoms. The summed E-state index contributed by atoms with van der Waals surface area (Å²) in [5.74, 6) is 1.91. The topological polar surface area (TPSA) is 37.8 Å². The van der Waals surface area contributed by atoms with Crippen molar-refractivity contribution in [2.45, 2.75) is 71.3 Å². The normalized spacial score (nSPS) is 12.6. The molecular weight excluding hydrogens is 278 g/mol. The molecule has 4 heteroatoms. The van der Waals surface area contributed by atoms with E-state index in [0.29, 0.717) is 5.25 Å². The van der Waals surface area contributed by atoms with Crippen LogP contribution in [0.2, 0.25) is 0 Å². The molecule has 1 atom stereocenters. The Labute approximate surface area is 134 Å². The maximum atomic E-state index is 4.70. The molecule has 0 fully saturated rings. The zero-order chi connectivity index (χ0) is 15.7. The van der Waals surface area contributed by atoms with Gasteiger partial charge in [0.1, 0.15) is 5.82 Å². The fourth-order valence-corrected chi connectivity index (χ4v) is 3.06. The number of hydrogen-bond acceptors (Lipinski definition) is 4. The van der Waals surface area contributed by atoms with E-state index in [-0.39, 0.29) is 0 Å². The van der Waals surface area contributed by atoms with Crippen molar-refractivity contribution in [2.75, 3.05) is 13.1 Å². The molecule has 120 valence electrons. The number of aryl methyl sites for hydroxylation is 2. The number of nitrogens with one attached hydrogen (secondary N) is 1. The summed E-state index contributed by atoms with van der Waals surface area (Å²) in [7, 11) is 0. The van der Waals surface area contributed by atoms with E-state index in [2.05, 4.69) is 39.9 Å². The minimum atomic E-state index is 0.679. The Hall–Kier alpha value is -0.610. The molecule has 0 radical (unpaired) electrons. The first-order valence-corrected chi connectivity index (χ1v) is 9.28. The van der Waals surface area contributed by atoms with E-state index in [1.165, 1.54) is 18.4 Å². The zero-order valence-corrected chi connectivity index (χ0v) is 15.1. The molecule has 1 aromatic rings. The second kappa shape index (κ2) is 10.2. The van der Waals surface area contributed by atoms with Gasteiger partial charge < -0.3 is 5.32 Å². The Bertz CT molecular complexity index is 397. The molecule has 1 N–H and O–H groups in total. The van der Waals surface area contributed by atoms with E-state index in [4.69, 9.17) is 9.97 Å². The predicted molar refractivity (Wildman–Crippen MR) is 94.0 cm³/mol. The lowest BCUT2D eigenvalue weighted by Gasteiger charge is -2.12. The Morgan fingerprint density at radius 2 is 1.76 bits per heavy atom. The largest absolute Gasteiger partial charge is 0.317 e. The van der Waals surface area contributed by atoms with Gasteiger partial charge in [0, 0.05) is 16.6 Å². The summed E-state index contributed by atoms with van der Waals surface area (Å²) in [6, 6.07) is 0. The first-order chi connectivity index (χ1) is 10.1. The fourth-order valence-electron chi connectivity index (χ4n) is 2.26. The summed E-state index contributed by atoms with van der Waals surface area (Å²) in [6.07, 6.45) is 4.63. The minimum absolute atomic E-state index is 0.679. The molecule has 0 saturated carbocycles. The molecule has 0 aromatic carbocycles. The Morgan fingerprint density at radius 3 is 2.33 bits per heavy atom. The maximum absolute atomic E-state index is 4.70. The number of hydrogen-bond donors (Lipinski definition) is 1. The van der Waals surface area contributed by atoms with E-state index in [1.54, 1.807) is 0 Å². The molecule has 21 heavy (non-hydrogen) atoms. The van der Waals surface area contributed by atoms with Crippen LogP contribution in [0.25, 0.3) is 0 Å². The van der Waals surface area contributed by atoms with Crippen LogP contribution in [-0.2, 0) is 12.2 Å². The van der Waals surface area contributed by atoms with Crippen molar-refractivity contribution in [3.05, 3.63) is 22.8 Å². The third kappa shape index (κ3) is 6.79. The van der Waals surface area contributed by atoms with Crippen LogP contribution in [0.15, 0.2) is 0 Å². The predicted octanol–water partition coefficient (Wildman–Crippen LogP) is 4.06. The van der Waals surface area contributed by atoms with Crippen LogP contribution in [0.5, 0.6) is 0 Å². The smallest absolute Gasteiger partial charge is 0.138 e. The average molecular weight is 310 g/mol. The molecule has 1 heterocycles. The third-order valence-corrected chi connectivity index (χ3v) is 5.07. The quantitative estimate of drug-likeness (QED) is 0.662. The lowest BCUT2D eigenvalue weighted by Crippen LogP contribution is -2.17. The van der Waals surface area contributed by atoms with Crippen molar-refractivity contribution in [1.29, 1.82) is 0 Å². The molecule has 1 rings (SSSR count). The monoisotopic (exact) mass is 309 g/mol. The van der Waals surface area contributed by atoms with Crippen molar-refractivity contribution >= 4 is 11.8 Å². The van der Waals surface area contributed by atoms with Gasteiger partial charge in [0.15, 0.2) is 0 Å². The van der Waals surface area contributed by atoms with Gasteiger partial charge in [-0.25, -0.2) is 9.97 Å². The van der Waals surface area contributed by atoms with Crippen LogP contribution in [0.1, 0.15) is 62.8 Å². The van der Waals surface area contributed by atoms with Crippen LogP contribution in [0.3, 0.4) is 0 Å². The molecule has 0 bridgehead atoms. The molecule has 0 saturated heterocycles. The Morgan fingerprint density at radius 1 is 1.10 bits per heavy atom. The summed E-state index contributed by atoms with van der Waals surface area (Å²) < 4.78 is 0. The molecule has 0 aliphatic rings. The van der Waals surface area contributed by atoms with Crippen LogP contribution >= 0.6 is 11.8 Å². The molecular formula is C17H31N3S. The van der Waals surface area contributed by atoms with Gasteiger partial charge >= 0.3 is 0 Å². The molecule has 1 aromatic heterocycles. The molecule has 1 unspecified atom stereocenters. The number of aromatic nitrogens is 2. The van der Waals surface area contributed by atoms with Crippen molar-refractivity contribution < 1.29 is 0 Å². The van der Waals surface area contributed by atoms with Crippen LogP contribution in [0, 0.1) is 13.8 Å². The lowest BCUT2D eigenvalue weighted by molar-refractivity contribution is 0.636. The van der Waals surface area contributed by atoms with Crippen LogP contribution < -0.4 is 5.32 Å². The van der Waals surface area contributed by atoms with E-state index < -0.39 is 0 Å². The van der Waals surface area contributed by atoms with Crippen molar-refractivity contribution in [2.24, 2.45) is 0 Å². The minimum Gasteiger partial charge on any atom is -0.317 e. The standard InChI is InChI=1S/C17H31N3S/c1-6-10-18-11-8-9-16-14(4)19-17(20-15(16)5)12-21-13(3)7-2/h13,18H,6-12H2,1-5H3. The molecule has 3 nitrogen and oxygen atoms in total. The van der Waals surface area contributed by atoms with E-state index >= 15 is 0 Å². The molecule has 0 amide bonds. The highest BCUT2D eigenvalue weighted by molar-refractivity contribution is 7.99. The second-order valence-corrected chi connectivity index (χ2v) is 7.10. The summed E-state index contributed by atoms with van der Waals surface area (Å²) in [4.78, 5) is 9.41. The summed E-state index contributed by atoms with van der Waals surface area (Å²) in [5, 5.41) is 4.13. The summed E-state index contributed by atoms with van der Waals surface area (Å²) in [6.45, 7) is 13.1. The molecule has 0 aliphatic carbocycles. The first kappa shape index (κ1) is 18.4. The summed E-state index contributed by atoms with van der Waals surface area (Å²) in [5.41, 5.74) is 3.67. The third-order valence-electron chi connectivity index (χ3n) is 3.75. The van der Waals surface area contributed by atoms with Crippen LogP contribution in [-0.4, -0.2) is 28.3 Å². The highest BCUT2D eigenvalue weighted by Crippen LogP contribution is 2.20. The lowest BCUT2D eigenvalue weighted by atomic mass is 10.1. The second-order valence-electron chi connectivity index (χ2n) is 5.67. The van der Waals surface area contributed by atoms with Crippen LogP contribution in [0.4, 0.5) is 0 Å². The van der Waals surface area contributed by atoms with Gasteiger partial charge in [-0.1, -0.05) is 20.8 Å². The van der Waals surface area contributed by atoms with Crippen molar-refractivity contribution in [3.8, 4) is 0 Å². The van der Waals surface area contributed by atoms with Gasteiger partial charge in [0.05, 0.1) is 5.75 Å². The van der Waals surface area contributed by atoms with Gasteiger partial charge in [0.25, 0.3) is 0 Å². The van der Waals surface area contributed by atoms with Gasteiger partial charge in [-0.15, -0.1) is 0 Å². The number of thioether (sulfide) groups is 1. The summed E-state index contributed by atoms with van der Waals surface area (Å²) >= 11 is 1.94. The fraction of sp³-hybridized carbons (Fsp3) is 0.765. The average Bonchev–Trinajstić information content (AvgIpc) is 2.46. The SMILES string of the molecule is CCCNCCCc1c(C)nc(CSC(C)CC)nc1C. The highest BCUT2D eigenvalue weighted by atomic mass is 32.2. The Balaban J connectivity index is 2.54. The first-order valence-electron chi connectivity index (χ1n) is 8.23. The van der Waals surface area contributed by atoms with Gasteiger partial charge in [-0.3, -0.25) is 0 Å². The van der Waals surface area contributed by atoms with Crippen molar-refractivity contribution in [3.63, 3.8) is 0 Å². The van der Waals surface area contributed by atoms with Gasteiger partial charge in [0.2, 0.25) is 0 Å². The van der Waals surface area contributed by atoms with E-state index in [1.807, 2.05) is 11.8 Å². The van der Waals surface area contributed by atoms with E-state index in [0.717, 1.165) is 48.9 Å². The Kier molecular flexibility index (Phi) is 8.93. The number of nitrogens with zero attached hydrogens (tertiary/aromatic N) is 2. The maximum Gasteiger partial charge on any atom is 0.138 e.